The summed E-state index contributed by atoms with van der Waals surface area (Å²) in [7, 11) is 1.37. The molecule has 1 amide bonds. The largest absolute Gasteiger partial charge is 0.506 e. The van der Waals surface area contributed by atoms with Crippen LogP contribution in [0.2, 0.25) is 0 Å². The van der Waals surface area contributed by atoms with Gasteiger partial charge in [0, 0.05) is 6.07 Å². The third kappa shape index (κ3) is 6.01. The maximum absolute atomic E-state index is 12.6. The van der Waals surface area contributed by atoms with Gasteiger partial charge in [-0.1, -0.05) is 18.2 Å². The van der Waals surface area contributed by atoms with Crippen molar-refractivity contribution in [3.05, 3.63) is 92.0 Å². The summed E-state index contributed by atoms with van der Waals surface area (Å²) in [6, 6.07) is 16.2. The molecule has 3 aromatic carbocycles. The van der Waals surface area contributed by atoms with E-state index in [0.717, 1.165) is 18.2 Å². The number of nitro benzene ring substituents is 1. The maximum atomic E-state index is 12.6. The van der Waals surface area contributed by atoms with Crippen LogP contribution >= 0.6 is 15.9 Å². The molecule has 0 aliphatic heterocycles. The van der Waals surface area contributed by atoms with Gasteiger partial charge in [0.05, 0.1) is 33.8 Å². The molecule has 0 bridgehead atoms. The Hall–Kier alpha value is -4.69. The number of nitriles is 1. The van der Waals surface area contributed by atoms with Gasteiger partial charge in [-0.25, -0.2) is 4.79 Å². The normalized spacial score (nSPS) is 10.7. The van der Waals surface area contributed by atoms with Crippen LogP contribution in [0.4, 0.5) is 11.4 Å². The number of aromatic hydroxyl groups is 1. The van der Waals surface area contributed by atoms with Gasteiger partial charge < -0.3 is 19.9 Å². The van der Waals surface area contributed by atoms with E-state index in [1.165, 1.54) is 25.3 Å². The lowest BCUT2D eigenvalue weighted by Crippen LogP contribution is -2.13. The monoisotopic (exact) mass is 537 g/mol. The highest BCUT2D eigenvalue weighted by Crippen LogP contribution is 2.38. The van der Waals surface area contributed by atoms with E-state index in [2.05, 4.69) is 21.2 Å². The molecule has 2 N–H and O–H groups in total. The summed E-state index contributed by atoms with van der Waals surface area (Å²) in [6.45, 7) is 0. The number of phenolic OH excluding ortho intramolecular Hbond substituents is 1. The minimum atomic E-state index is -0.855. The third-order valence-corrected chi connectivity index (χ3v) is 5.16. The highest BCUT2D eigenvalue weighted by atomic mass is 79.9. The molecule has 0 saturated carbocycles. The average molecular weight is 538 g/mol. The van der Waals surface area contributed by atoms with Crippen molar-refractivity contribution < 1.29 is 29.1 Å². The highest BCUT2D eigenvalue weighted by molar-refractivity contribution is 9.10. The molecule has 0 saturated heterocycles. The molecule has 0 aromatic heterocycles. The lowest BCUT2D eigenvalue weighted by atomic mass is 10.1. The fourth-order valence-corrected chi connectivity index (χ4v) is 3.43. The third-order valence-electron chi connectivity index (χ3n) is 4.57. The van der Waals surface area contributed by atoms with Crippen molar-refractivity contribution in [2.24, 2.45) is 0 Å². The fourth-order valence-electron chi connectivity index (χ4n) is 2.89. The molecule has 0 aliphatic rings. The number of hydrogen-bond acceptors (Lipinski definition) is 8. The van der Waals surface area contributed by atoms with Gasteiger partial charge >= 0.3 is 5.97 Å². The van der Waals surface area contributed by atoms with Crippen LogP contribution in [0.15, 0.2) is 70.7 Å². The van der Waals surface area contributed by atoms with Gasteiger partial charge in [0.2, 0.25) is 0 Å². The Kier molecular flexibility index (Phi) is 7.81. The topological polar surface area (TPSA) is 152 Å². The van der Waals surface area contributed by atoms with Crippen LogP contribution in [0.3, 0.4) is 0 Å². The number of esters is 1. The molecule has 3 rings (SSSR count). The Morgan fingerprint density at radius 1 is 1.17 bits per heavy atom. The second kappa shape index (κ2) is 11.0. The van der Waals surface area contributed by atoms with Gasteiger partial charge in [-0.15, -0.1) is 0 Å². The maximum Gasteiger partial charge on any atom is 0.343 e. The molecule has 0 spiro atoms. The predicted octanol–water partition coefficient (Wildman–Crippen LogP) is 4.84. The second-order valence-corrected chi connectivity index (χ2v) is 7.73. The average Bonchev–Trinajstić information content (AvgIpc) is 2.85. The Balaban J connectivity index is 1.86. The number of nitrogens with zero attached hydrogens (tertiary/aromatic N) is 2. The van der Waals surface area contributed by atoms with Crippen molar-refractivity contribution >= 4 is 45.3 Å². The number of halogens is 1. The predicted molar refractivity (Wildman–Crippen MR) is 129 cm³/mol. The number of carbonyl (C=O) groups excluding carboxylic acids is 2. The number of benzene rings is 3. The smallest absolute Gasteiger partial charge is 0.343 e. The first-order chi connectivity index (χ1) is 16.7. The number of methoxy groups -OCH3 is 1. The first-order valence-electron chi connectivity index (χ1n) is 9.78. The van der Waals surface area contributed by atoms with Crippen LogP contribution in [0, 0.1) is 21.4 Å². The summed E-state index contributed by atoms with van der Waals surface area (Å²) < 4.78 is 11.1. The lowest BCUT2D eigenvalue weighted by molar-refractivity contribution is -0.384. The summed E-state index contributed by atoms with van der Waals surface area (Å²) in [6.07, 6.45) is 1.26. The molecular weight excluding hydrogens is 522 g/mol. The quantitative estimate of drug-likeness (QED) is 0.0825. The molecular formula is C24H16BrN3O7. The van der Waals surface area contributed by atoms with Crippen LogP contribution in [0.1, 0.15) is 15.9 Å². The minimum absolute atomic E-state index is 0.108. The molecule has 0 unspecified atom stereocenters. The summed E-state index contributed by atoms with van der Waals surface area (Å²) in [5, 5.41) is 32.5. The zero-order valence-electron chi connectivity index (χ0n) is 18.0. The number of nitrogens with one attached hydrogen (secondary N) is 1. The van der Waals surface area contributed by atoms with Crippen LogP contribution < -0.4 is 14.8 Å². The highest BCUT2D eigenvalue weighted by Gasteiger charge is 2.18. The van der Waals surface area contributed by atoms with Gasteiger partial charge in [-0.2, -0.15) is 5.26 Å². The summed E-state index contributed by atoms with van der Waals surface area (Å²) in [4.78, 5) is 35.1. The molecule has 0 aliphatic carbocycles. The molecule has 0 atom stereocenters. The zero-order chi connectivity index (χ0) is 25.5. The van der Waals surface area contributed by atoms with Crippen molar-refractivity contribution in [1.82, 2.24) is 0 Å². The summed E-state index contributed by atoms with van der Waals surface area (Å²) in [5.41, 5.74) is -0.0906. The van der Waals surface area contributed by atoms with Crippen LogP contribution in [-0.2, 0) is 4.79 Å². The number of phenols is 1. The van der Waals surface area contributed by atoms with Gasteiger partial charge in [-0.05, 0) is 57.9 Å². The molecule has 176 valence electrons. The molecule has 0 heterocycles. The van der Waals surface area contributed by atoms with E-state index >= 15 is 0 Å². The lowest BCUT2D eigenvalue weighted by Gasteiger charge is -2.12. The first-order valence-corrected chi connectivity index (χ1v) is 10.6. The van der Waals surface area contributed by atoms with E-state index in [1.807, 2.05) is 0 Å². The number of anilines is 1. The van der Waals surface area contributed by atoms with E-state index in [9.17, 15) is 30.1 Å². The number of non-ortho nitro benzene ring substituents is 1. The summed E-state index contributed by atoms with van der Waals surface area (Å²) in [5.74, 6) is -1.71. The van der Waals surface area contributed by atoms with Crippen molar-refractivity contribution in [3.8, 4) is 23.3 Å². The van der Waals surface area contributed by atoms with Crippen molar-refractivity contribution in [2.45, 2.75) is 0 Å². The molecule has 0 fully saturated rings. The van der Waals surface area contributed by atoms with Crippen molar-refractivity contribution in [1.29, 1.82) is 5.26 Å². The van der Waals surface area contributed by atoms with E-state index in [0.29, 0.717) is 15.6 Å². The van der Waals surface area contributed by atoms with Gasteiger partial charge in [0.1, 0.15) is 17.4 Å². The second-order valence-electron chi connectivity index (χ2n) is 6.87. The van der Waals surface area contributed by atoms with E-state index in [4.69, 9.17) is 9.47 Å². The minimum Gasteiger partial charge on any atom is -0.506 e. The molecule has 0 radical (unpaired) electrons. The molecule has 10 nitrogen and oxygen atoms in total. The SMILES string of the molecule is COc1cc(/C=C(\C#N)C(=O)Nc2ccc([N+](=O)[O-])cc2O)cc(Br)c1OC(=O)c1ccccc1. The number of amides is 1. The zero-order valence-corrected chi connectivity index (χ0v) is 19.6. The van der Waals surface area contributed by atoms with Gasteiger partial charge in [0.25, 0.3) is 11.6 Å². The van der Waals surface area contributed by atoms with E-state index < -0.39 is 22.5 Å². The Morgan fingerprint density at radius 2 is 1.89 bits per heavy atom. The van der Waals surface area contributed by atoms with Crippen molar-refractivity contribution in [2.75, 3.05) is 12.4 Å². The number of rotatable bonds is 7. The standard InChI is InChI=1S/C24H16BrN3O7/c1-34-21-11-14(10-18(25)22(21)35-24(31)15-5-3-2-4-6-15)9-16(13-26)23(30)27-19-8-7-17(28(32)33)12-20(19)29/h2-12,29H,1H3,(H,27,30)/b16-9+. The number of ether oxygens (including phenoxy) is 2. The van der Waals surface area contributed by atoms with Crippen LogP contribution in [0.25, 0.3) is 6.08 Å². The van der Waals surface area contributed by atoms with E-state index in [1.54, 1.807) is 36.4 Å². The number of hydrogen-bond donors (Lipinski definition) is 2. The van der Waals surface area contributed by atoms with Gasteiger partial charge in [0.15, 0.2) is 11.5 Å². The Labute approximate surface area is 207 Å². The molecule has 3 aromatic rings. The Bertz CT molecular complexity index is 1380. The Morgan fingerprint density at radius 3 is 2.49 bits per heavy atom. The van der Waals surface area contributed by atoms with Gasteiger partial charge in [-0.3, -0.25) is 14.9 Å². The molecule has 11 heteroatoms. The number of nitro groups is 1. The summed E-state index contributed by atoms with van der Waals surface area (Å²) >= 11 is 3.31. The molecule has 35 heavy (non-hydrogen) atoms. The van der Waals surface area contributed by atoms with Crippen LogP contribution in [-0.4, -0.2) is 29.0 Å². The number of carbonyl (C=O) groups is 2. The first kappa shape index (κ1) is 24.9. The van der Waals surface area contributed by atoms with Crippen molar-refractivity contribution in [3.63, 3.8) is 0 Å². The fraction of sp³-hybridized carbons (Fsp3) is 0.0417. The van der Waals surface area contributed by atoms with Crippen LogP contribution in [0.5, 0.6) is 17.2 Å². The van der Waals surface area contributed by atoms with E-state index in [-0.39, 0.29) is 28.4 Å².